The molecule has 0 fully saturated rings. The van der Waals surface area contributed by atoms with Crippen LogP contribution in [0.2, 0.25) is 6.55 Å². The zero-order valence-electron chi connectivity index (χ0n) is 13.3. The van der Waals surface area contributed by atoms with Crippen molar-refractivity contribution in [2.45, 2.75) is 6.55 Å². The smallest absolute Gasteiger partial charge is 0.152 e. The predicted octanol–water partition coefficient (Wildman–Crippen LogP) is 1.77. The van der Waals surface area contributed by atoms with E-state index in [1.165, 1.54) is 13.9 Å². The highest BCUT2D eigenvalue weighted by Gasteiger charge is 2.41. The summed E-state index contributed by atoms with van der Waals surface area (Å²) < 4.78 is 1.18. The van der Waals surface area contributed by atoms with E-state index in [9.17, 15) is 5.11 Å². The van der Waals surface area contributed by atoms with Crippen molar-refractivity contribution in [1.82, 2.24) is 0 Å². The van der Waals surface area contributed by atoms with Gasteiger partial charge in [0.05, 0.1) is 11.0 Å². The Morgan fingerprint density at radius 3 is 2.54 bits per heavy atom. The van der Waals surface area contributed by atoms with Crippen molar-refractivity contribution in [3.05, 3.63) is 74.8 Å². The predicted molar refractivity (Wildman–Crippen MR) is 110 cm³/mol. The van der Waals surface area contributed by atoms with Crippen molar-refractivity contribution in [2.24, 2.45) is 4.99 Å². The van der Waals surface area contributed by atoms with Gasteiger partial charge in [-0.2, -0.15) is 0 Å². The summed E-state index contributed by atoms with van der Waals surface area (Å²) in [5.74, 6) is 0.294. The first-order chi connectivity index (χ1) is 11.5. The second kappa shape index (κ2) is 5.56. The number of benzene rings is 3. The van der Waals surface area contributed by atoms with E-state index in [2.05, 4.69) is 66.0 Å². The summed E-state index contributed by atoms with van der Waals surface area (Å²) in [6.07, 6.45) is 0. The summed E-state index contributed by atoms with van der Waals surface area (Å²) >= 11 is 2.40. The standard InChI is InChI=1S/C20H16INOSi/c1-13-8-10-17-20(19(13)21)24(2,15-6-4-3-5-7-15)18-12-14(23)9-11-16(18)22-17/h3-12,23H,1H2,2H3. The molecule has 1 N–H and O–H groups in total. The van der Waals surface area contributed by atoms with Crippen molar-refractivity contribution >= 4 is 58.5 Å². The minimum Gasteiger partial charge on any atom is -0.508 e. The minimum absolute atomic E-state index is 0.294. The molecule has 1 atom stereocenters. The fourth-order valence-electron chi connectivity index (χ4n) is 3.54. The average Bonchev–Trinajstić information content (AvgIpc) is 2.60. The minimum atomic E-state index is -2.26. The molecule has 1 unspecified atom stereocenters. The third-order valence-corrected chi connectivity index (χ3v) is 11.0. The fraction of sp³-hybridized carbons (Fsp3) is 0.0500. The fourth-order valence-corrected chi connectivity index (χ4v) is 9.68. The molecule has 0 saturated heterocycles. The Labute approximate surface area is 155 Å². The maximum absolute atomic E-state index is 10.1. The number of phenolic OH excluding ortho intramolecular Hbond substituents is 1. The van der Waals surface area contributed by atoms with Crippen LogP contribution in [0.3, 0.4) is 0 Å². The lowest BCUT2D eigenvalue weighted by Crippen LogP contribution is -2.71. The van der Waals surface area contributed by atoms with Crippen LogP contribution in [0.25, 0.3) is 6.58 Å². The van der Waals surface area contributed by atoms with Crippen LogP contribution in [-0.4, -0.2) is 13.2 Å². The summed E-state index contributed by atoms with van der Waals surface area (Å²) in [4.78, 5) is 4.86. The molecule has 4 rings (SSSR count). The first kappa shape index (κ1) is 15.6. The van der Waals surface area contributed by atoms with E-state index in [4.69, 9.17) is 4.99 Å². The van der Waals surface area contributed by atoms with Gasteiger partial charge in [0.2, 0.25) is 0 Å². The van der Waals surface area contributed by atoms with Crippen LogP contribution < -0.4 is 26.1 Å². The molecule has 2 nitrogen and oxygen atoms in total. The molecule has 0 bridgehead atoms. The molecule has 0 radical (unpaired) electrons. The Morgan fingerprint density at radius 2 is 1.79 bits per heavy atom. The maximum atomic E-state index is 10.1. The van der Waals surface area contributed by atoms with Gasteiger partial charge < -0.3 is 5.11 Å². The monoisotopic (exact) mass is 441 g/mol. The molecule has 0 aromatic heterocycles. The van der Waals surface area contributed by atoms with E-state index < -0.39 is 8.07 Å². The van der Waals surface area contributed by atoms with E-state index in [1.54, 1.807) is 6.07 Å². The van der Waals surface area contributed by atoms with Gasteiger partial charge in [-0.3, -0.25) is 0 Å². The molecule has 1 heterocycles. The number of fused-ring (bicyclic) bond motifs is 2. The van der Waals surface area contributed by atoms with Crippen molar-refractivity contribution in [1.29, 1.82) is 0 Å². The molecule has 0 amide bonds. The van der Waals surface area contributed by atoms with Crippen molar-refractivity contribution in [3.63, 3.8) is 0 Å². The van der Waals surface area contributed by atoms with Gasteiger partial charge in [-0.05, 0) is 67.6 Å². The zero-order chi connectivity index (χ0) is 16.9. The van der Waals surface area contributed by atoms with Crippen molar-refractivity contribution in [2.75, 3.05) is 0 Å². The van der Waals surface area contributed by atoms with Gasteiger partial charge in [-0.1, -0.05) is 49.5 Å². The van der Waals surface area contributed by atoms with Crippen LogP contribution in [-0.2, 0) is 0 Å². The van der Waals surface area contributed by atoms with Crippen LogP contribution >= 0.6 is 22.6 Å². The van der Waals surface area contributed by atoms with E-state index in [0.717, 1.165) is 21.4 Å². The highest BCUT2D eigenvalue weighted by atomic mass is 127. The lowest BCUT2D eigenvalue weighted by molar-refractivity contribution is 0.476. The molecule has 1 aliphatic rings. The van der Waals surface area contributed by atoms with Gasteiger partial charge in [0, 0.05) is 3.57 Å². The normalized spacial score (nSPS) is 18.4. The number of halogens is 1. The Morgan fingerprint density at radius 1 is 1.04 bits per heavy atom. The Kier molecular flexibility index (Phi) is 3.62. The molecule has 1 aliphatic heterocycles. The molecule has 3 aromatic rings. The molecular formula is C20H16INOSi. The number of nitrogens with zero attached hydrogens (tertiary/aromatic N) is 1. The molecule has 118 valence electrons. The van der Waals surface area contributed by atoms with Gasteiger partial charge in [-0.25, -0.2) is 4.99 Å². The Balaban J connectivity index is 2.21. The summed E-state index contributed by atoms with van der Waals surface area (Å²) in [5.41, 5.74) is 0.964. The highest BCUT2D eigenvalue weighted by Crippen LogP contribution is 2.22. The zero-order valence-corrected chi connectivity index (χ0v) is 16.4. The third kappa shape index (κ3) is 2.17. The van der Waals surface area contributed by atoms with E-state index in [-0.39, 0.29) is 0 Å². The second-order valence-corrected chi connectivity index (χ2v) is 11.2. The van der Waals surface area contributed by atoms with Crippen LogP contribution in [0, 0.1) is 3.57 Å². The summed E-state index contributed by atoms with van der Waals surface area (Å²) in [5, 5.41) is 15.9. The van der Waals surface area contributed by atoms with Gasteiger partial charge >= 0.3 is 0 Å². The molecular weight excluding hydrogens is 425 g/mol. The first-order valence-corrected chi connectivity index (χ1v) is 11.4. The van der Waals surface area contributed by atoms with E-state index >= 15 is 0 Å². The lowest BCUT2D eigenvalue weighted by Gasteiger charge is -2.34. The van der Waals surface area contributed by atoms with E-state index in [1.807, 2.05) is 24.3 Å². The summed E-state index contributed by atoms with van der Waals surface area (Å²) in [6, 6.07) is 20.3. The molecule has 3 aromatic carbocycles. The van der Waals surface area contributed by atoms with Crippen LogP contribution in [0.15, 0.2) is 65.7 Å². The number of phenols is 1. The van der Waals surface area contributed by atoms with Crippen LogP contribution in [0.1, 0.15) is 0 Å². The number of aromatic hydroxyl groups is 1. The third-order valence-electron chi connectivity index (χ3n) is 4.81. The topological polar surface area (TPSA) is 32.6 Å². The van der Waals surface area contributed by atoms with Crippen molar-refractivity contribution in [3.8, 4) is 5.75 Å². The van der Waals surface area contributed by atoms with Gasteiger partial charge in [0.1, 0.15) is 5.75 Å². The quantitative estimate of drug-likeness (QED) is 0.453. The number of rotatable bonds is 1. The largest absolute Gasteiger partial charge is 0.508 e. The number of hydrogen-bond acceptors (Lipinski definition) is 2. The maximum Gasteiger partial charge on any atom is 0.152 e. The lowest BCUT2D eigenvalue weighted by atomic mass is 10.2. The summed E-state index contributed by atoms with van der Waals surface area (Å²) in [7, 11) is -2.26. The molecule has 0 aliphatic carbocycles. The van der Waals surface area contributed by atoms with Crippen molar-refractivity contribution < 1.29 is 5.11 Å². The van der Waals surface area contributed by atoms with Gasteiger partial charge in [0.25, 0.3) is 0 Å². The molecule has 4 heteroatoms. The Hall–Kier alpha value is -1.92. The Bertz CT molecular complexity index is 1060. The van der Waals surface area contributed by atoms with Gasteiger partial charge in [-0.15, -0.1) is 0 Å². The first-order valence-electron chi connectivity index (χ1n) is 7.77. The van der Waals surface area contributed by atoms with Crippen LogP contribution in [0.4, 0.5) is 5.69 Å². The van der Waals surface area contributed by atoms with Gasteiger partial charge in [0.15, 0.2) is 8.07 Å². The highest BCUT2D eigenvalue weighted by molar-refractivity contribution is 14.1. The molecule has 24 heavy (non-hydrogen) atoms. The average molecular weight is 441 g/mol. The second-order valence-electron chi connectivity index (χ2n) is 6.24. The molecule has 0 saturated carbocycles. The molecule has 0 spiro atoms. The van der Waals surface area contributed by atoms with E-state index in [0.29, 0.717) is 5.75 Å². The summed E-state index contributed by atoms with van der Waals surface area (Å²) in [6.45, 7) is 6.53. The number of hydrogen-bond donors (Lipinski definition) is 1. The van der Waals surface area contributed by atoms with Crippen LogP contribution in [0.5, 0.6) is 5.75 Å². The SMILES string of the molecule is C=c1ccc2c(c1I)[Si](C)(c1ccccc1)c1cc(O)ccc1N=2.